The van der Waals surface area contributed by atoms with Gasteiger partial charge in [0.05, 0.1) is 6.04 Å². The highest BCUT2D eigenvalue weighted by atomic mass is 15.2. The van der Waals surface area contributed by atoms with Gasteiger partial charge in [-0.1, -0.05) is 132 Å². The Morgan fingerprint density at radius 3 is 1.53 bits per heavy atom. The molecule has 1 saturated carbocycles. The molecule has 2 aromatic carbocycles. The zero-order valence-corrected chi connectivity index (χ0v) is 20.3. The smallest absolute Gasteiger partial charge is 0.0574 e. The summed E-state index contributed by atoms with van der Waals surface area (Å²) < 4.78 is 0. The molecular formula is C31H45N. The van der Waals surface area contributed by atoms with Crippen molar-refractivity contribution < 1.29 is 0 Å². The van der Waals surface area contributed by atoms with E-state index in [-0.39, 0.29) is 0 Å². The number of nitrogens with zero attached hydrogens (tertiary/aromatic N) is 1. The topological polar surface area (TPSA) is 3.24 Å². The molecule has 1 heteroatoms. The Morgan fingerprint density at radius 1 is 0.500 bits per heavy atom. The van der Waals surface area contributed by atoms with Gasteiger partial charge in [0.2, 0.25) is 0 Å². The molecule has 1 aliphatic heterocycles. The van der Waals surface area contributed by atoms with Gasteiger partial charge in [0.1, 0.15) is 0 Å². The summed E-state index contributed by atoms with van der Waals surface area (Å²) in [5, 5.41) is 0. The van der Waals surface area contributed by atoms with Crippen LogP contribution in [0.4, 0.5) is 5.69 Å². The van der Waals surface area contributed by atoms with Crippen molar-refractivity contribution in [1.82, 2.24) is 0 Å². The van der Waals surface area contributed by atoms with Gasteiger partial charge in [-0.25, -0.2) is 0 Å². The van der Waals surface area contributed by atoms with E-state index in [0.29, 0.717) is 6.04 Å². The first-order valence-electron chi connectivity index (χ1n) is 13.8. The van der Waals surface area contributed by atoms with E-state index in [1.54, 1.807) is 0 Å². The normalized spacial score (nSPS) is 26.9. The van der Waals surface area contributed by atoms with Crippen LogP contribution in [0.25, 0.3) is 0 Å². The lowest BCUT2D eigenvalue weighted by Gasteiger charge is -2.31. The summed E-state index contributed by atoms with van der Waals surface area (Å²) in [5.74, 6) is 1.62. The standard InChI is InChI=1S/C31H45N/c1-2-4-6-8-10-14-22-28-26-32(29-23-17-13-18-24-29)31(27-20-15-12-16-21-27)30(28)25-19-11-9-7-5-3-1/h12-13,15-18,20-21,23-24,28,30-31H,1-11,14,19,22,25-26H2. The molecule has 2 aromatic rings. The van der Waals surface area contributed by atoms with Crippen molar-refractivity contribution in [2.45, 2.75) is 102 Å². The highest BCUT2D eigenvalue weighted by Gasteiger charge is 2.41. The third kappa shape index (κ3) is 6.63. The van der Waals surface area contributed by atoms with Gasteiger partial charge in [-0.15, -0.1) is 0 Å². The Kier molecular flexibility index (Phi) is 9.56. The lowest BCUT2D eigenvalue weighted by Crippen LogP contribution is -2.25. The molecular weight excluding hydrogens is 386 g/mol. The van der Waals surface area contributed by atoms with Crippen molar-refractivity contribution in [3.63, 3.8) is 0 Å². The highest BCUT2D eigenvalue weighted by Crippen LogP contribution is 2.47. The van der Waals surface area contributed by atoms with E-state index in [1.807, 2.05) is 0 Å². The summed E-state index contributed by atoms with van der Waals surface area (Å²) in [4.78, 5) is 2.75. The predicted molar refractivity (Wildman–Crippen MR) is 139 cm³/mol. The minimum atomic E-state index is 0.533. The van der Waals surface area contributed by atoms with Crippen LogP contribution in [-0.2, 0) is 0 Å². The van der Waals surface area contributed by atoms with E-state index in [2.05, 4.69) is 65.6 Å². The Hall–Kier alpha value is -1.76. The zero-order chi connectivity index (χ0) is 21.8. The summed E-state index contributed by atoms with van der Waals surface area (Å²) in [6.45, 7) is 1.23. The lowest BCUT2D eigenvalue weighted by molar-refractivity contribution is 0.310. The van der Waals surface area contributed by atoms with Crippen molar-refractivity contribution in [2.75, 3.05) is 11.4 Å². The van der Waals surface area contributed by atoms with Crippen molar-refractivity contribution in [3.05, 3.63) is 66.2 Å². The number of hydrogen-bond donors (Lipinski definition) is 0. The molecule has 0 N–H and O–H groups in total. The second kappa shape index (κ2) is 13.1. The van der Waals surface area contributed by atoms with Crippen LogP contribution >= 0.6 is 0 Å². The third-order valence-corrected chi connectivity index (χ3v) is 8.12. The van der Waals surface area contributed by atoms with Crippen molar-refractivity contribution in [1.29, 1.82) is 0 Å². The molecule has 2 aliphatic rings. The van der Waals surface area contributed by atoms with Gasteiger partial charge in [0.25, 0.3) is 0 Å². The van der Waals surface area contributed by atoms with E-state index >= 15 is 0 Å². The molecule has 1 aliphatic carbocycles. The molecule has 2 fully saturated rings. The van der Waals surface area contributed by atoms with Crippen LogP contribution in [0.15, 0.2) is 60.7 Å². The van der Waals surface area contributed by atoms with Gasteiger partial charge in [-0.05, 0) is 42.4 Å². The number of anilines is 1. The molecule has 1 saturated heterocycles. The van der Waals surface area contributed by atoms with Gasteiger partial charge in [-0.2, -0.15) is 0 Å². The van der Waals surface area contributed by atoms with Crippen LogP contribution in [0.2, 0.25) is 0 Å². The van der Waals surface area contributed by atoms with Crippen LogP contribution in [-0.4, -0.2) is 6.54 Å². The maximum Gasteiger partial charge on any atom is 0.0574 e. The van der Waals surface area contributed by atoms with Crippen LogP contribution in [0, 0.1) is 11.8 Å². The minimum absolute atomic E-state index is 0.533. The van der Waals surface area contributed by atoms with Crippen LogP contribution < -0.4 is 4.90 Å². The molecule has 3 atom stereocenters. The average molecular weight is 432 g/mol. The molecule has 174 valence electrons. The summed E-state index contributed by atoms with van der Waals surface area (Å²) in [5.41, 5.74) is 2.94. The third-order valence-electron chi connectivity index (χ3n) is 8.12. The first-order chi connectivity index (χ1) is 15.9. The molecule has 0 spiro atoms. The van der Waals surface area contributed by atoms with Gasteiger partial charge in [0, 0.05) is 12.2 Å². The number of benzene rings is 2. The molecule has 1 nitrogen and oxygen atoms in total. The molecule has 1 heterocycles. The predicted octanol–water partition coefficient (Wildman–Crippen LogP) is 9.35. The SMILES string of the molecule is c1ccc(C2C3CCCCCCCCCCCCCCCC3CN2c2ccccc2)cc1. The van der Waals surface area contributed by atoms with Crippen molar-refractivity contribution >= 4 is 5.69 Å². The minimum Gasteiger partial charge on any atom is -0.364 e. The van der Waals surface area contributed by atoms with E-state index in [1.165, 1.54) is 114 Å². The van der Waals surface area contributed by atoms with E-state index in [4.69, 9.17) is 0 Å². The Bertz CT molecular complexity index is 740. The second-order valence-corrected chi connectivity index (χ2v) is 10.4. The molecule has 32 heavy (non-hydrogen) atoms. The summed E-state index contributed by atoms with van der Waals surface area (Å²) in [6, 6.07) is 23.2. The van der Waals surface area contributed by atoms with Gasteiger partial charge >= 0.3 is 0 Å². The monoisotopic (exact) mass is 431 g/mol. The van der Waals surface area contributed by atoms with Crippen molar-refractivity contribution in [3.8, 4) is 0 Å². The molecule has 4 rings (SSSR count). The summed E-state index contributed by atoms with van der Waals surface area (Å²) >= 11 is 0. The Morgan fingerprint density at radius 2 is 0.969 bits per heavy atom. The Balaban J connectivity index is 1.51. The quantitative estimate of drug-likeness (QED) is 0.458. The molecule has 0 radical (unpaired) electrons. The summed E-state index contributed by atoms with van der Waals surface area (Å²) in [7, 11) is 0. The fourth-order valence-electron chi connectivity index (χ4n) is 6.38. The number of rotatable bonds is 2. The molecule has 0 bridgehead atoms. The van der Waals surface area contributed by atoms with Gasteiger partial charge in [0.15, 0.2) is 0 Å². The summed E-state index contributed by atoms with van der Waals surface area (Å²) in [6.07, 6.45) is 21.6. The highest BCUT2D eigenvalue weighted by molar-refractivity contribution is 5.50. The first-order valence-corrected chi connectivity index (χ1v) is 13.8. The maximum atomic E-state index is 2.75. The average Bonchev–Trinajstić information content (AvgIpc) is 3.20. The van der Waals surface area contributed by atoms with E-state index in [9.17, 15) is 0 Å². The van der Waals surface area contributed by atoms with Crippen molar-refractivity contribution in [2.24, 2.45) is 11.8 Å². The number of fused-ring (bicyclic) bond motifs is 1. The van der Waals surface area contributed by atoms with E-state index < -0.39 is 0 Å². The molecule has 3 unspecified atom stereocenters. The fraction of sp³-hybridized carbons (Fsp3) is 0.613. The largest absolute Gasteiger partial charge is 0.364 e. The maximum absolute atomic E-state index is 2.75. The van der Waals surface area contributed by atoms with E-state index in [0.717, 1.165) is 11.8 Å². The first kappa shape index (κ1) is 23.4. The zero-order valence-electron chi connectivity index (χ0n) is 20.3. The molecule has 0 amide bonds. The lowest BCUT2D eigenvalue weighted by atomic mass is 9.80. The van der Waals surface area contributed by atoms with Gasteiger partial charge < -0.3 is 4.90 Å². The van der Waals surface area contributed by atoms with Gasteiger partial charge in [-0.3, -0.25) is 0 Å². The van der Waals surface area contributed by atoms with Crippen LogP contribution in [0.1, 0.15) is 108 Å². The fourth-order valence-corrected chi connectivity index (χ4v) is 6.38. The number of para-hydroxylation sites is 1. The Labute approximate surface area is 197 Å². The molecule has 0 aromatic heterocycles. The second-order valence-electron chi connectivity index (χ2n) is 10.4. The van der Waals surface area contributed by atoms with Crippen LogP contribution in [0.5, 0.6) is 0 Å². The number of hydrogen-bond acceptors (Lipinski definition) is 1. The van der Waals surface area contributed by atoms with Crippen LogP contribution in [0.3, 0.4) is 0 Å².